The van der Waals surface area contributed by atoms with Gasteiger partial charge in [0, 0.05) is 4.47 Å². The second kappa shape index (κ2) is 4.71. The van der Waals surface area contributed by atoms with Crippen LogP contribution in [0.1, 0.15) is 0 Å². The maximum atomic E-state index is 5.35. The summed E-state index contributed by atoms with van der Waals surface area (Å²) in [7, 11) is 0. The maximum absolute atomic E-state index is 5.35. The standard InChI is InChI=1S/C8H10BrN3O/c9-6-2-1-3-7(4-6)13-5-8(10)12-11/h1-4H,5,11H2,(H2,10,12). The topological polar surface area (TPSA) is 73.6 Å². The Hall–Kier alpha value is -1.23. The fourth-order valence-corrected chi connectivity index (χ4v) is 1.13. The van der Waals surface area contributed by atoms with Crippen LogP contribution in [0.15, 0.2) is 33.8 Å². The van der Waals surface area contributed by atoms with Crippen LogP contribution >= 0.6 is 15.9 Å². The molecule has 0 radical (unpaired) electrons. The first kappa shape index (κ1) is 9.85. The third-order valence-electron chi connectivity index (χ3n) is 1.35. The molecular weight excluding hydrogens is 234 g/mol. The van der Waals surface area contributed by atoms with E-state index in [-0.39, 0.29) is 12.4 Å². The first-order valence-electron chi connectivity index (χ1n) is 3.63. The van der Waals surface area contributed by atoms with Gasteiger partial charge in [0.15, 0.2) is 5.84 Å². The van der Waals surface area contributed by atoms with Crippen LogP contribution in [-0.4, -0.2) is 12.4 Å². The molecule has 4 N–H and O–H groups in total. The summed E-state index contributed by atoms with van der Waals surface area (Å²) < 4.78 is 6.23. The Morgan fingerprint density at radius 2 is 2.31 bits per heavy atom. The molecule has 4 nitrogen and oxygen atoms in total. The highest BCUT2D eigenvalue weighted by molar-refractivity contribution is 9.10. The Balaban J connectivity index is 2.55. The predicted octanol–water partition coefficient (Wildman–Crippen LogP) is 1.06. The molecule has 0 aliphatic rings. The predicted molar refractivity (Wildman–Crippen MR) is 55.4 cm³/mol. The van der Waals surface area contributed by atoms with Crippen molar-refractivity contribution in [3.05, 3.63) is 28.7 Å². The molecular formula is C8H10BrN3O. The average Bonchev–Trinajstić information content (AvgIpc) is 2.14. The fourth-order valence-electron chi connectivity index (χ4n) is 0.751. The molecule has 0 aliphatic heterocycles. The lowest BCUT2D eigenvalue weighted by Gasteiger charge is -2.04. The zero-order valence-corrected chi connectivity index (χ0v) is 8.49. The smallest absolute Gasteiger partial charge is 0.157 e. The first-order valence-corrected chi connectivity index (χ1v) is 4.42. The highest BCUT2D eigenvalue weighted by Gasteiger charge is 1.96. The molecule has 0 bridgehead atoms. The fraction of sp³-hybridized carbons (Fsp3) is 0.125. The number of nitrogens with two attached hydrogens (primary N) is 2. The summed E-state index contributed by atoms with van der Waals surface area (Å²) in [6.45, 7) is 0.201. The van der Waals surface area contributed by atoms with Crippen molar-refractivity contribution in [1.29, 1.82) is 0 Å². The van der Waals surface area contributed by atoms with Crippen LogP contribution in [0.5, 0.6) is 5.75 Å². The monoisotopic (exact) mass is 243 g/mol. The molecule has 1 aromatic rings. The van der Waals surface area contributed by atoms with Crippen molar-refractivity contribution in [1.82, 2.24) is 0 Å². The van der Waals surface area contributed by atoms with Crippen LogP contribution < -0.4 is 16.3 Å². The maximum Gasteiger partial charge on any atom is 0.157 e. The summed E-state index contributed by atoms with van der Waals surface area (Å²) in [5.74, 6) is 5.93. The number of hydrogen-bond acceptors (Lipinski definition) is 3. The third-order valence-corrected chi connectivity index (χ3v) is 1.84. The molecule has 0 amide bonds. The van der Waals surface area contributed by atoms with Crippen molar-refractivity contribution < 1.29 is 4.74 Å². The third kappa shape index (κ3) is 3.33. The molecule has 1 rings (SSSR count). The molecule has 0 aromatic heterocycles. The molecule has 0 saturated heterocycles. The SMILES string of the molecule is N/N=C(\N)COc1cccc(Br)c1. The molecule has 0 aliphatic carbocycles. The van der Waals surface area contributed by atoms with Crippen molar-refractivity contribution in [2.24, 2.45) is 16.7 Å². The molecule has 0 spiro atoms. The van der Waals surface area contributed by atoms with Crippen LogP contribution in [-0.2, 0) is 0 Å². The Morgan fingerprint density at radius 3 is 2.92 bits per heavy atom. The van der Waals surface area contributed by atoms with Gasteiger partial charge in [0.1, 0.15) is 12.4 Å². The van der Waals surface area contributed by atoms with E-state index in [2.05, 4.69) is 21.0 Å². The zero-order valence-electron chi connectivity index (χ0n) is 6.90. The normalized spacial score (nSPS) is 11.3. The van der Waals surface area contributed by atoms with Crippen LogP contribution in [0, 0.1) is 0 Å². The van der Waals surface area contributed by atoms with Gasteiger partial charge in [-0.1, -0.05) is 22.0 Å². The highest BCUT2D eigenvalue weighted by Crippen LogP contribution is 2.17. The second-order valence-corrected chi connectivity index (χ2v) is 3.28. The summed E-state index contributed by atoms with van der Waals surface area (Å²) in [4.78, 5) is 0. The number of hydrazone groups is 1. The summed E-state index contributed by atoms with van der Waals surface area (Å²) in [5, 5.41) is 3.28. The van der Waals surface area contributed by atoms with Gasteiger partial charge in [0.05, 0.1) is 0 Å². The van der Waals surface area contributed by atoms with Crippen LogP contribution in [0.2, 0.25) is 0 Å². The molecule has 13 heavy (non-hydrogen) atoms. The molecule has 0 atom stereocenters. The number of benzene rings is 1. The van der Waals surface area contributed by atoms with Crippen LogP contribution in [0.3, 0.4) is 0 Å². The minimum Gasteiger partial charge on any atom is -0.486 e. The molecule has 0 unspecified atom stereocenters. The number of rotatable bonds is 3. The van der Waals surface area contributed by atoms with Gasteiger partial charge in [-0.15, -0.1) is 0 Å². The lowest BCUT2D eigenvalue weighted by molar-refractivity contribution is 0.374. The van der Waals surface area contributed by atoms with E-state index in [9.17, 15) is 0 Å². The molecule has 1 aromatic carbocycles. The van der Waals surface area contributed by atoms with Crippen molar-refractivity contribution in [2.45, 2.75) is 0 Å². The number of amidine groups is 1. The van der Waals surface area contributed by atoms with E-state index in [0.717, 1.165) is 10.2 Å². The largest absolute Gasteiger partial charge is 0.486 e. The Labute approximate surface area is 84.7 Å². The highest BCUT2D eigenvalue weighted by atomic mass is 79.9. The molecule has 0 saturated carbocycles. The zero-order chi connectivity index (χ0) is 9.68. The summed E-state index contributed by atoms with van der Waals surface area (Å²) in [5.41, 5.74) is 5.35. The lowest BCUT2D eigenvalue weighted by atomic mass is 10.3. The number of nitrogens with zero attached hydrogens (tertiary/aromatic N) is 1. The molecule has 0 fully saturated rings. The molecule has 70 valence electrons. The number of ether oxygens (including phenoxy) is 1. The minimum atomic E-state index is 0.201. The van der Waals surface area contributed by atoms with Gasteiger partial charge >= 0.3 is 0 Å². The van der Waals surface area contributed by atoms with E-state index >= 15 is 0 Å². The summed E-state index contributed by atoms with van der Waals surface area (Å²) in [6.07, 6.45) is 0. The second-order valence-electron chi connectivity index (χ2n) is 2.37. The van der Waals surface area contributed by atoms with Gasteiger partial charge in [0.2, 0.25) is 0 Å². The van der Waals surface area contributed by atoms with Gasteiger partial charge in [0.25, 0.3) is 0 Å². The van der Waals surface area contributed by atoms with Crippen LogP contribution in [0.25, 0.3) is 0 Å². The molecule has 0 heterocycles. The van der Waals surface area contributed by atoms with E-state index in [0.29, 0.717) is 0 Å². The quantitative estimate of drug-likeness (QED) is 0.361. The van der Waals surface area contributed by atoms with E-state index in [4.69, 9.17) is 16.3 Å². The summed E-state index contributed by atoms with van der Waals surface area (Å²) >= 11 is 3.32. The van der Waals surface area contributed by atoms with E-state index in [1.54, 1.807) is 0 Å². The van der Waals surface area contributed by atoms with Gasteiger partial charge in [-0.2, -0.15) is 5.10 Å². The first-order chi connectivity index (χ1) is 6.22. The van der Waals surface area contributed by atoms with Crippen molar-refractivity contribution in [2.75, 3.05) is 6.61 Å². The van der Waals surface area contributed by atoms with Crippen molar-refractivity contribution in [3.63, 3.8) is 0 Å². The van der Waals surface area contributed by atoms with Gasteiger partial charge in [-0.3, -0.25) is 0 Å². The van der Waals surface area contributed by atoms with Gasteiger partial charge < -0.3 is 16.3 Å². The molecule has 5 heteroatoms. The lowest BCUT2D eigenvalue weighted by Crippen LogP contribution is -2.22. The number of hydrogen-bond donors (Lipinski definition) is 2. The van der Waals surface area contributed by atoms with E-state index < -0.39 is 0 Å². The Bertz CT molecular complexity index is 314. The van der Waals surface area contributed by atoms with Crippen molar-refractivity contribution in [3.8, 4) is 5.75 Å². The van der Waals surface area contributed by atoms with Crippen LogP contribution in [0.4, 0.5) is 0 Å². The summed E-state index contributed by atoms with van der Waals surface area (Å²) in [6, 6.07) is 7.45. The number of halogens is 1. The van der Waals surface area contributed by atoms with Gasteiger partial charge in [-0.25, -0.2) is 0 Å². The Morgan fingerprint density at radius 1 is 1.54 bits per heavy atom. The van der Waals surface area contributed by atoms with E-state index in [1.807, 2.05) is 24.3 Å². The average molecular weight is 244 g/mol. The minimum absolute atomic E-state index is 0.201. The van der Waals surface area contributed by atoms with Gasteiger partial charge in [-0.05, 0) is 18.2 Å². The Kier molecular flexibility index (Phi) is 3.57. The van der Waals surface area contributed by atoms with E-state index in [1.165, 1.54) is 0 Å². The van der Waals surface area contributed by atoms with Crippen molar-refractivity contribution >= 4 is 21.8 Å².